The third-order valence-electron chi connectivity index (χ3n) is 7.39. The van der Waals surface area contributed by atoms with Gasteiger partial charge in [-0.3, -0.25) is 4.79 Å². The number of carbonyl (C=O) groups excluding carboxylic acids is 1. The number of amides is 1. The Balaban J connectivity index is 1.13. The zero-order chi connectivity index (χ0) is 23.6. The van der Waals surface area contributed by atoms with E-state index in [-0.39, 0.29) is 5.91 Å². The summed E-state index contributed by atoms with van der Waals surface area (Å²) < 4.78 is 6.00. The number of nitrogens with one attached hydrogen (secondary N) is 1. The van der Waals surface area contributed by atoms with Gasteiger partial charge in [-0.2, -0.15) is 0 Å². The highest BCUT2D eigenvalue weighted by atomic mass is 16.5. The number of carbonyl (C=O) groups is 1. The molecule has 2 aliphatic heterocycles. The van der Waals surface area contributed by atoms with Crippen LogP contribution in [0.25, 0.3) is 11.1 Å². The lowest BCUT2D eigenvalue weighted by molar-refractivity contribution is 0.0990. The third kappa shape index (κ3) is 4.89. The van der Waals surface area contributed by atoms with Crippen LogP contribution in [0.2, 0.25) is 0 Å². The first-order valence-corrected chi connectivity index (χ1v) is 12.8. The van der Waals surface area contributed by atoms with Gasteiger partial charge in [0.05, 0.1) is 24.0 Å². The highest BCUT2D eigenvalue weighted by Crippen LogP contribution is 2.32. The highest BCUT2D eigenvalue weighted by Gasteiger charge is 2.27. The Kier molecular flexibility index (Phi) is 6.13. The quantitative estimate of drug-likeness (QED) is 0.566. The standard InChI is InChI=1S/C29H32N4O2/c34-29-26-10-8-23(22-4-2-1-3-5-22)18-27(26)35-17-16-33(29)25-9-11-28(31-20-25)32-14-12-24(13-15-32)30-19-21-6-7-21/h1-5,8-11,18,20-21,24,30H,6-7,12-17,19H2. The third-order valence-corrected chi connectivity index (χ3v) is 7.39. The van der Waals surface area contributed by atoms with Gasteiger partial charge < -0.3 is 19.9 Å². The normalized spacial score (nSPS) is 18.7. The molecule has 2 aromatic carbocycles. The van der Waals surface area contributed by atoms with Crippen LogP contribution in [0.15, 0.2) is 66.9 Å². The van der Waals surface area contributed by atoms with Gasteiger partial charge in [0.25, 0.3) is 5.91 Å². The Morgan fingerprint density at radius 1 is 0.914 bits per heavy atom. The molecule has 35 heavy (non-hydrogen) atoms. The molecule has 1 saturated heterocycles. The van der Waals surface area contributed by atoms with E-state index in [9.17, 15) is 4.79 Å². The molecule has 6 rings (SSSR count). The first kappa shape index (κ1) is 22.1. The Morgan fingerprint density at radius 2 is 1.74 bits per heavy atom. The molecule has 0 radical (unpaired) electrons. The van der Waals surface area contributed by atoms with E-state index in [2.05, 4.69) is 22.3 Å². The van der Waals surface area contributed by atoms with Crippen molar-refractivity contribution in [1.82, 2.24) is 10.3 Å². The molecule has 2 fully saturated rings. The van der Waals surface area contributed by atoms with Crippen LogP contribution < -0.4 is 19.9 Å². The number of pyridine rings is 1. The second kappa shape index (κ2) is 9.70. The molecule has 6 nitrogen and oxygen atoms in total. The number of aromatic nitrogens is 1. The highest BCUT2D eigenvalue weighted by molar-refractivity contribution is 6.08. The zero-order valence-corrected chi connectivity index (χ0v) is 20.0. The topological polar surface area (TPSA) is 57.7 Å². The minimum atomic E-state index is -0.0470. The van der Waals surface area contributed by atoms with Gasteiger partial charge in [-0.25, -0.2) is 4.98 Å². The Labute approximate surface area is 206 Å². The lowest BCUT2D eigenvalue weighted by Crippen LogP contribution is -2.43. The number of nitrogens with zero attached hydrogens (tertiary/aromatic N) is 3. The van der Waals surface area contributed by atoms with Gasteiger partial charge in [-0.1, -0.05) is 36.4 Å². The maximum Gasteiger partial charge on any atom is 0.262 e. The molecule has 1 aromatic heterocycles. The van der Waals surface area contributed by atoms with Crippen molar-refractivity contribution >= 4 is 17.4 Å². The summed E-state index contributed by atoms with van der Waals surface area (Å²) in [5.74, 6) is 2.50. The largest absolute Gasteiger partial charge is 0.491 e. The predicted octanol–water partition coefficient (Wildman–Crippen LogP) is 4.76. The second-order valence-electron chi connectivity index (χ2n) is 9.87. The molecule has 0 unspecified atom stereocenters. The van der Waals surface area contributed by atoms with Gasteiger partial charge in [0.1, 0.15) is 18.2 Å². The fourth-order valence-electron chi connectivity index (χ4n) is 5.06. The van der Waals surface area contributed by atoms with Crippen molar-refractivity contribution in [2.75, 3.05) is 42.6 Å². The number of hydrogen-bond acceptors (Lipinski definition) is 5. The van der Waals surface area contributed by atoms with Gasteiger partial charge in [0.2, 0.25) is 0 Å². The number of hydrogen-bond donors (Lipinski definition) is 1. The molecule has 3 heterocycles. The van der Waals surface area contributed by atoms with Crippen LogP contribution >= 0.6 is 0 Å². The lowest BCUT2D eigenvalue weighted by Gasteiger charge is -2.33. The summed E-state index contributed by atoms with van der Waals surface area (Å²) in [6.45, 7) is 4.15. The molecule has 6 heteroatoms. The molecule has 3 aliphatic rings. The van der Waals surface area contributed by atoms with Crippen LogP contribution in [0.3, 0.4) is 0 Å². The van der Waals surface area contributed by atoms with Crippen molar-refractivity contribution < 1.29 is 9.53 Å². The van der Waals surface area contributed by atoms with Crippen molar-refractivity contribution in [3.63, 3.8) is 0 Å². The SMILES string of the molecule is O=C1c2ccc(-c3ccccc3)cc2OCCN1c1ccc(N2CCC(NCC3CC3)CC2)nc1. The molecule has 1 N–H and O–H groups in total. The fourth-order valence-corrected chi connectivity index (χ4v) is 5.06. The summed E-state index contributed by atoms with van der Waals surface area (Å²) in [6, 6.07) is 20.7. The minimum Gasteiger partial charge on any atom is -0.491 e. The molecule has 1 aliphatic carbocycles. The van der Waals surface area contributed by atoms with E-state index in [1.807, 2.05) is 54.7 Å². The van der Waals surface area contributed by atoms with Gasteiger partial charge in [-0.05, 0) is 73.5 Å². The Bertz CT molecular complexity index is 1170. The van der Waals surface area contributed by atoms with Crippen LogP contribution in [0.1, 0.15) is 36.0 Å². The van der Waals surface area contributed by atoms with E-state index in [0.717, 1.165) is 54.5 Å². The Morgan fingerprint density at radius 3 is 2.49 bits per heavy atom. The van der Waals surface area contributed by atoms with E-state index in [1.165, 1.54) is 19.4 Å². The zero-order valence-electron chi connectivity index (χ0n) is 20.0. The maximum atomic E-state index is 13.4. The molecule has 0 spiro atoms. The summed E-state index contributed by atoms with van der Waals surface area (Å²) >= 11 is 0. The molecule has 1 amide bonds. The second-order valence-corrected chi connectivity index (χ2v) is 9.87. The fraction of sp³-hybridized carbons (Fsp3) is 0.379. The van der Waals surface area contributed by atoms with Gasteiger partial charge in [-0.15, -0.1) is 0 Å². The van der Waals surface area contributed by atoms with Crippen LogP contribution in [-0.4, -0.2) is 49.7 Å². The molecule has 0 bridgehead atoms. The number of piperidine rings is 1. The van der Waals surface area contributed by atoms with Crippen LogP contribution in [0.5, 0.6) is 5.75 Å². The van der Waals surface area contributed by atoms with Crippen molar-refractivity contribution in [2.45, 2.75) is 31.7 Å². The summed E-state index contributed by atoms with van der Waals surface area (Å²) in [4.78, 5) is 22.3. The van der Waals surface area contributed by atoms with Crippen molar-refractivity contribution in [3.05, 3.63) is 72.4 Å². The monoisotopic (exact) mass is 468 g/mol. The smallest absolute Gasteiger partial charge is 0.262 e. The lowest BCUT2D eigenvalue weighted by atomic mass is 10.0. The molecule has 3 aromatic rings. The maximum absolute atomic E-state index is 13.4. The molecule has 1 saturated carbocycles. The minimum absolute atomic E-state index is 0.0470. The van der Waals surface area contributed by atoms with Crippen LogP contribution in [0.4, 0.5) is 11.5 Å². The Hall–Kier alpha value is -3.38. The van der Waals surface area contributed by atoms with E-state index in [1.54, 1.807) is 4.90 Å². The average Bonchev–Trinajstić information content (AvgIpc) is 3.76. The molecule has 0 atom stereocenters. The summed E-state index contributed by atoms with van der Waals surface area (Å²) in [5.41, 5.74) is 3.55. The van der Waals surface area contributed by atoms with E-state index in [0.29, 0.717) is 30.5 Å². The summed E-state index contributed by atoms with van der Waals surface area (Å²) in [7, 11) is 0. The average molecular weight is 469 g/mol. The molecular weight excluding hydrogens is 436 g/mol. The van der Waals surface area contributed by atoms with E-state index < -0.39 is 0 Å². The van der Waals surface area contributed by atoms with Gasteiger partial charge in [0.15, 0.2) is 0 Å². The van der Waals surface area contributed by atoms with Crippen molar-refractivity contribution in [2.24, 2.45) is 5.92 Å². The molecule has 180 valence electrons. The number of fused-ring (bicyclic) bond motifs is 1. The number of ether oxygens (including phenoxy) is 1. The first-order valence-electron chi connectivity index (χ1n) is 12.8. The van der Waals surface area contributed by atoms with E-state index >= 15 is 0 Å². The van der Waals surface area contributed by atoms with Crippen LogP contribution in [-0.2, 0) is 0 Å². The summed E-state index contributed by atoms with van der Waals surface area (Å²) in [6.07, 6.45) is 6.93. The first-order chi connectivity index (χ1) is 17.2. The predicted molar refractivity (Wildman–Crippen MR) is 139 cm³/mol. The number of rotatable bonds is 6. The van der Waals surface area contributed by atoms with Crippen molar-refractivity contribution in [1.29, 1.82) is 0 Å². The number of anilines is 2. The molecular formula is C29H32N4O2. The summed E-state index contributed by atoms with van der Waals surface area (Å²) in [5, 5.41) is 3.74. The van der Waals surface area contributed by atoms with Crippen LogP contribution in [0, 0.1) is 5.92 Å². The van der Waals surface area contributed by atoms with Gasteiger partial charge >= 0.3 is 0 Å². The van der Waals surface area contributed by atoms with Crippen molar-refractivity contribution in [3.8, 4) is 16.9 Å². The van der Waals surface area contributed by atoms with E-state index in [4.69, 9.17) is 9.72 Å². The van der Waals surface area contributed by atoms with Gasteiger partial charge in [0, 0.05) is 19.1 Å². The number of benzene rings is 2.